The third-order valence-corrected chi connectivity index (χ3v) is 4.10. The summed E-state index contributed by atoms with van der Waals surface area (Å²) in [4.78, 5) is 0. The zero-order valence-corrected chi connectivity index (χ0v) is 15.6. The second-order valence-electron chi connectivity index (χ2n) is 7.09. The predicted molar refractivity (Wildman–Crippen MR) is 109 cm³/mol. The molecule has 1 aliphatic carbocycles. The van der Waals surface area contributed by atoms with E-state index in [2.05, 4.69) is 85.6 Å². The van der Waals surface area contributed by atoms with Crippen molar-refractivity contribution in [2.24, 2.45) is 11.8 Å². The number of hydrogen-bond acceptors (Lipinski definition) is 0. The summed E-state index contributed by atoms with van der Waals surface area (Å²) >= 11 is 0. The monoisotopic (exact) mass is 305 g/mol. The minimum Gasteiger partial charge on any atom is -0.130 e. The van der Waals surface area contributed by atoms with Gasteiger partial charge in [-0.2, -0.15) is 0 Å². The van der Waals surface area contributed by atoms with E-state index in [0.717, 1.165) is 0 Å². The summed E-state index contributed by atoms with van der Waals surface area (Å²) in [6.07, 6.45) is 12.6. The van der Waals surface area contributed by atoms with Gasteiger partial charge in [-0.1, -0.05) is 59.1 Å². The average molecular weight is 305 g/mol. The Labute approximate surface area is 147 Å². The van der Waals surface area contributed by atoms with Crippen LogP contribution in [0.25, 0.3) is 0 Å². The zero-order valence-electron chi connectivity index (χ0n) is 15.6. The highest BCUT2D eigenvalue weighted by Gasteiger charge is 2.03. The first kappa shape index (κ1) is 20.2. The SMILES string of the molecule is CC(C)C=C[B]C(=C[B]C=C[B]/C1=C/CCCCCC1)C(C)C. The zero-order chi connectivity index (χ0) is 16.9. The second kappa shape index (κ2) is 12.6. The maximum atomic E-state index is 2.42. The fourth-order valence-corrected chi connectivity index (χ4v) is 2.61. The molecule has 3 radical (unpaired) electrons. The Bertz CT molecular complexity index is 428. The topological polar surface area (TPSA) is 0 Å². The Balaban J connectivity index is 2.40. The van der Waals surface area contributed by atoms with Crippen molar-refractivity contribution in [1.82, 2.24) is 0 Å². The van der Waals surface area contributed by atoms with Crippen molar-refractivity contribution in [3.05, 3.63) is 47.0 Å². The number of allylic oxidation sites excluding steroid dienone is 4. The summed E-state index contributed by atoms with van der Waals surface area (Å²) in [5, 5.41) is 0. The van der Waals surface area contributed by atoms with Crippen LogP contribution in [0.4, 0.5) is 0 Å². The highest BCUT2D eigenvalue weighted by Crippen LogP contribution is 2.16. The van der Waals surface area contributed by atoms with Crippen LogP contribution in [0.15, 0.2) is 47.0 Å². The highest BCUT2D eigenvalue weighted by atomic mass is 14.0. The van der Waals surface area contributed by atoms with Gasteiger partial charge in [-0.3, -0.25) is 0 Å². The number of hydrogen-bond donors (Lipinski definition) is 0. The summed E-state index contributed by atoms with van der Waals surface area (Å²) in [7, 11) is 6.68. The van der Waals surface area contributed by atoms with Crippen molar-refractivity contribution in [3.8, 4) is 0 Å². The molecule has 0 N–H and O–H groups in total. The molecule has 1 rings (SSSR count). The van der Waals surface area contributed by atoms with E-state index in [4.69, 9.17) is 0 Å². The van der Waals surface area contributed by atoms with Gasteiger partial charge in [0.15, 0.2) is 21.8 Å². The highest BCUT2D eigenvalue weighted by molar-refractivity contribution is 6.59. The summed E-state index contributed by atoms with van der Waals surface area (Å²) in [6, 6.07) is 0. The van der Waals surface area contributed by atoms with Gasteiger partial charge in [-0.25, -0.2) is 0 Å². The number of rotatable bonds is 8. The van der Waals surface area contributed by atoms with Gasteiger partial charge in [0.1, 0.15) is 0 Å². The molecule has 0 fully saturated rings. The largest absolute Gasteiger partial charge is 0.174 e. The van der Waals surface area contributed by atoms with Gasteiger partial charge in [0.2, 0.25) is 0 Å². The molecule has 0 spiro atoms. The van der Waals surface area contributed by atoms with Gasteiger partial charge in [0, 0.05) is 0 Å². The van der Waals surface area contributed by atoms with Gasteiger partial charge < -0.3 is 0 Å². The molecule has 0 aliphatic heterocycles. The van der Waals surface area contributed by atoms with Crippen LogP contribution >= 0.6 is 0 Å². The summed E-state index contributed by atoms with van der Waals surface area (Å²) in [5.74, 6) is 9.91. The van der Waals surface area contributed by atoms with Crippen LogP contribution in [0.5, 0.6) is 0 Å². The van der Waals surface area contributed by atoms with Crippen molar-refractivity contribution in [1.29, 1.82) is 0 Å². The molecule has 0 aromatic heterocycles. The standard InChI is InChI=1S/C20H32B3/c1-17(2)12-13-23-20(18(3)4)16-21-14-15-22-19-10-8-6-5-7-9-11-19/h10,12-18H,5-9,11H2,1-4H3/b13-12?,15-14?,19-10+,20-16?. The van der Waals surface area contributed by atoms with E-state index in [9.17, 15) is 0 Å². The predicted octanol–water partition coefficient (Wildman–Crippen LogP) is 5.48. The molecule has 121 valence electrons. The Morgan fingerprint density at radius 2 is 1.78 bits per heavy atom. The van der Waals surface area contributed by atoms with Crippen LogP contribution in [-0.2, 0) is 0 Å². The van der Waals surface area contributed by atoms with Crippen molar-refractivity contribution in [3.63, 3.8) is 0 Å². The van der Waals surface area contributed by atoms with Crippen molar-refractivity contribution < 1.29 is 0 Å². The molecule has 0 atom stereocenters. The Morgan fingerprint density at radius 1 is 1.00 bits per heavy atom. The van der Waals surface area contributed by atoms with Gasteiger partial charge >= 0.3 is 0 Å². The molecule has 0 saturated carbocycles. The fourth-order valence-electron chi connectivity index (χ4n) is 2.61. The molecule has 0 nitrogen and oxygen atoms in total. The molecule has 0 aromatic carbocycles. The second-order valence-corrected chi connectivity index (χ2v) is 7.09. The van der Waals surface area contributed by atoms with Gasteiger partial charge in [0.05, 0.1) is 0 Å². The van der Waals surface area contributed by atoms with Crippen LogP contribution in [0, 0.1) is 11.8 Å². The van der Waals surface area contributed by atoms with E-state index in [1.54, 1.807) is 0 Å². The van der Waals surface area contributed by atoms with Crippen molar-refractivity contribution in [2.45, 2.75) is 66.2 Å². The smallest absolute Gasteiger partial charge is 0.130 e. The van der Waals surface area contributed by atoms with E-state index in [1.807, 2.05) is 0 Å². The van der Waals surface area contributed by atoms with E-state index in [0.29, 0.717) is 11.8 Å². The third-order valence-electron chi connectivity index (χ3n) is 4.10. The third kappa shape index (κ3) is 10.5. The summed E-state index contributed by atoms with van der Waals surface area (Å²) in [6.45, 7) is 8.90. The lowest BCUT2D eigenvalue weighted by atomic mass is 9.58. The van der Waals surface area contributed by atoms with E-state index < -0.39 is 0 Å². The lowest BCUT2D eigenvalue weighted by Crippen LogP contribution is -2.04. The van der Waals surface area contributed by atoms with E-state index >= 15 is 0 Å². The van der Waals surface area contributed by atoms with Crippen molar-refractivity contribution in [2.75, 3.05) is 0 Å². The van der Waals surface area contributed by atoms with Gasteiger partial charge in [0.25, 0.3) is 0 Å². The Kier molecular flexibility index (Phi) is 11.0. The Hall–Kier alpha value is -0.845. The maximum Gasteiger partial charge on any atom is 0.174 e. The van der Waals surface area contributed by atoms with Crippen LogP contribution in [0.3, 0.4) is 0 Å². The van der Waals surface area contributed by atoms with E-state index in [-0.39, 0.29) is 0 Å². The average Bonchev–Trinajstić information content (AvgIpc) is 2.46. The van der Waals surface area contributed by atoms with E-state index in [1.165, 1.54) is 49.5 Å². The minimum absolute atomic E-state index is 0.550. The minimum atomic E-state index is 0.550. The first-order valence-corrected chi connectivity index (χ1v) is 9.35. The Morgan fingerprint density at radius 3 is 2.52 bits per heavy atom. The quantitative estimate of drug-likeness (QED) is 0.521. The molecule has 0 saturated heterocycles. The van der Waals surface area contributed by atoms with Crippen LogP contribution < -0.4 is 0 Å². The first-order valence-electron chi connectivity index (χ1n) is 9.35. The molecule has 0 heterocycles. The summed E-state index contributed by atoms with van der Waals surface area (Å²) < 4.78 is 0. The molecule has 0 bridgehead atoms. The fraction of sp³-hybridized carbons (Fsp3) is 0.600. The molecule has 0 amide bonds. The first-order chi connectivity index (χ1) is 11.1. The molecule has 0 aromatic rings. The lowest BCUT2D eigenvalue weighted by Gasteiger charge is -2.09. The molecular weight excluding hydrogens is 273 g/mol. The molecule has 23 heavy (non-hydrogen) atoms. The maximum absolute atomic E-state index is 2.42. The van der Waals surface area contributed by atoms with Crippen LogP contribution in [0.1, 0.15) is 66.2 Å². The van der Waals surface area contributed by atoms with Gasteiger partial charge in [-0.05, 0) is 31.1 Å². The van der Waals surface area contributed by atoms with Crippen LogP contribution in [-0.4, -0.2) is 21.8 Å². The normalized spacial score (nSPS) is 19.7. The lowest BCUT2D eigenvalue weighted by molar-refractivity contribution is 0.634. The molecular formula is C20H32B3. The van der Waals surface area contributed by atoms with Crippen molar-refractivity contribution >= 4 is 21.8 Å². The molecule has 1 aliphatic rings. The molecule has 0 unspecified atom stereocenters. The van der Waals surface area contributed by atoms with Crippen LogP contribution in [0.2, 0.25) is 0 Å². The summed E-state index contributed by atoms with van der Waals surface area (Å²) in [5.41, 5.74) is 2.88. The van der Waals surface area contributed by atoms with Gasteiger partial charge in [-0.15, -0.1) is 34.8 Å². The molecule has 3 heteroatoms.